The van der Waals surface area contributed by atoms with Crippen LogP contribution in [0.2, 0.25) is 0 Å². The van der Waals surface area contributed by atoms with Gasteiger partial charge in [0.05, 0.1) is 0 Å². The van der Waals surface area contributed by atoms with Gasteiger partial charge in [-0.2, -0.15) is 0 Å². The molecule has 2 aromatic heterocycles. The molecule has 0 saturated heterocycles. The summed E-state index contributed by atoms with van der Waals surface area (Å²) in [6.45, 7) is 7.16. The summed E-state index contributed by atoms with van der Waals surface area (Å²) in [7, 11) is 0. The van der Waals surface area contributed by atoms with E-state index in [1.54, 1.807) is 32.9 Å². The predicted octanol–water partition coefficient (Wildman–Crippen LogP) is 4.26. The van der Waals surface area contributed by atoms with Crippen molar-refractivity contribution in [2.75, 3.05) is 0 Å². The van der Waals surface area contributed by atoms with Gasteiger partial charge >= 0.3 is 11.6 Å². The minimum absolute atomic E-state index is 0.232. The van der Waals surface area contributed by atoms with Crippen LogP contribution in [-0.4, -0.2) is 22.9 Å². The number of H-pyrrole nitrogens is 1. The maximum Gasteiger partial charge on any atom is 0.336 e. The normalized spacial score (nSPS) is 12.6. The number of aromatic amines is 1. The number of fused-ring (bicyclic) bond motifs is 2. The van der Waals surface area contributed by atoms with E-state index in [1.807, 2.05) is 37.4 Å². The lowest BCUT2D eigenvalue weighted by Crippen LogP contribution is -2.48. The second kappa shape index (κ2) is 8.58. The maximum atomic E-state index is 13.2. The lowest BCUT2D eigenvalue weighted by atomic mass is 9.94. The van der Waals surface area contributed by atoms with Crippen LogP contribution >= 0.6 is 0 Å². The molecule has 0 fully saturated rings. The lowest BCUT2D eigenvalue weighted by molar-refractivity contribution is -0.141. The van der Waals surface area contributed by atoms with Gasteiger partial charge in [-0.1, -0.05) is 39.0 Å². The predicted molar refractivity (Wildman–Crippen MR) is 126 cm³/mol. The summed E-state index contributed by atoms with van der Waals surface area (Å²) in [5.74, 6) is -0.633. The summed E-state index contributed by atoms with van der Waals surface area (Å²) in [4.78, 5) is 40.8. The molecule has 1 unspecified atom stereocenters. The molecule has 0 aliphatic rings. The molecule has 0 aliphatic carbocycles. The van der Waals surface area contributed by atoms with Crippen LogP contribution in [0.15, 0.2) is 63.9 Å². The molecule has 170 valence electrons. The zero-order valence-electron chi connectivity index (χ0n) is 19.0. The molecule has 2 heterocycles. The van der Waals surface area contributed by atoms with Crippen LogP contribution < -0.4 is 15.7 Å². The highest BCUT2D eigenvalue weighted by molar-refractivity contribution is 5.90. The Kier molecular flexibility index (Phi) is 5.80. The standard InChI is InChI=1S/C26H26N2O5/c1-15-11-23(29)33-22-13-17(9-10-18(15)22)32-24(30)21(28-25(31)26(2,3)4)12-16-14-27-20-8-6-5-7-19(16)20/h5-11,13-14,21,27H,12H2,1-4H3,(H,28,31). The smallest absolute Gasteiger partial charge is 0.336 e. The molecule has 0 saturated carbocycles. The van der Waals surface area contributed by atoms with Crippen LogP contribution in [0, 0.1) is 12.3 Å². The third kappa shape index (κ3) is 4.82. The van der Waals surface area contributed by atoms with Gasteiger partial charge in [0.25, 0.3) is 0 Å². The Bertz CT molecular complexity index is 1410. The molecule has 0 bridgehead atoms. The van der Waals surface area contributed by atoms with Gasteiger partial charge in [0.1, 0.15) is 17.4 Å². The zero-order chi connectivity index (χ0) is 23.8. The van der Waals surface area contributed by atoms with E-state index in [9.17, 15) is 14.4 Å². The van der Waals surface area contributed by atoms with Gasteiger partial charge < -0.3 is 19.5 Å². The molecule has 33 heavy (non-hydrogen) atoms. The Hall–Kier alpha value is -3.87. The van der Waals surface area contributed by atoms with Gasteiger partial charge in [-0.05, 0) is 36.2 Å². The quantitative estimate of drug-likeness (QED) is 0.271. The number of aromatic nitrogens is 1. The number of hydrogen-bond acceptors (Lipinski definition) is 5. The summed E-state index contributed by atoms with van der Waals surface area (Å²) in [6.07, 6.45) is 2.09. The summed E-state index contributed by atoms with van der Waals surface area (Å²) in [6, 6.07) is 13.1. The van der Waals surface area contributed by atoms with Crippen LogP contribution in [0.25, 0.3) is 21.9 Å². The second-order valence-corrected chi connectivity index (χ2v) is 9.17. The average molecular weight is 447 g/mol. The van der Waals surface area contributed by atoms with E-state index in [-0.39, 0.29) is 18.1 Å². The number of rotatable bonds is 5. The number of nitrogens with one attached hydrogen (secondary N) is 2. The van der Waals surface area contributed by atoms with Gasteiger partial charge in [-0.25, -0.2) is 9.59 Å². The fraction of sp³-hybridized carbons (Fsp3) is 0.269. The van der Waals surface area contributed by atoms with E-state index in [0.29, 0.717) is 5.58 Å². The molecule has 2 N–H and O–H groups in total. The van der Waals surface area contributed by atoms with Gasteiger partial charge in [-0.3, -0.25) is 4.79 Å². The van der Waals surface area contributed by atoms with Crippen LogP contribution in [-0.2, 0) is 16.0 Å². The number of esters is 1. The maximum absolute atomic E-state index is 13.2. The van der Waals surface area contributed by atoms with Crippen LogP contribution in [0.3, 0.4) is 0 Å². The largest absolute Gasteiger partial charge is 0.425 e. The number of amides is 1. The highest BCUT2D eigenvalue weighted by atomic mass is 16.5. The molecular weight excluding hydrogens is 420 g/mol. The third-order valence-corrected chi connectivity index (χ3v) is 5.51. The summed E-state index contributed by atoms with van der Waals surface area (Å²) in [5.41, 5.74) is 1.79. The molecule has 2 aromatic carbocycles. The summed E-state index contributed by atoms with van der Waals surface area (Å²) >= 11 is 0. The topological polar surface area (TPSA) is 101 Å². The van der Waals surface area contributed by atoms with Crippen LogP contribution in [0.5, 0.6) is 5.75 Å². The number of carbonyl (C=O) groups excluding carboxylic acids is 2. The van der Waals surface area contributed by atoms with Gasteiger partial charge in [0.2, 0.25) is 5.91 Å². The van der Waals surface area contributed by atoms with Crippen molar-refractivity contribution in [1.82, 2.24) is 10.3 Å². The monoisotopic (exact) mass is 446 g/mol. The van der Waals surface area contributed by atoms with Crippen molar-refractivity contribution in [2.24, 2.45) is 5.41 Å². The Morgan fingerprint density at radius 2 is 1.85 bits per heavy atom. The molecule has 0 spiro atoms. The highest BCUT2D eigenvalue weighted by Gasteiger charge is 2.29. The first kappa shape index (κ1) is 22.3. The van der Waals surface area contributed by atoms with Crippen molar-refractivity contribution in [2.45, 2.75) is 40.2 Å². The first-order valence-electron chi connectivity index (χ1n) is 10.7. The van der Waals surface area contributed by atoms with Gasteiger partial charge in [0.15, 0.2) is 0 Å². The molecule has 7 heteroatoms. The third-order valence-electron chi connectivity index (χ3n) is 5.51. The summed E-state index contributed by atoms with van der Waals surface area (Å²) < 4.78 is 10.9. The fourth-order valence-electron chi connectivity index (χ4n) is 3.64. The van der Waals surface area contributed by atoms with Crippen molar-refractivity contribution >= 4 is 33.7 Å². The number of hydrogen-bond donors (Lipinski definition) is 2. The first-order valence-corrected chi connectivity index (χ1v) is 10.7. The van der Waals surface area contributed by atoms with Gasteiger partial charge in [0, 0.05) is 46.5 Å². The van der Waals surface area contributed by atoms with E-state index >= 15 is 0 Å². The molecule has 4 aromatic rings. The highest BCUT2D eigenvalue weighted by Crippen LogP contribution is 2.24. The van der Waals surface area contributed by atoms with Crippen molar-refractivity contribution in [3.8, 4) is 5.75 Å². The molecule has 7 nitrogen and oxygen atoms in total. The van der Waals surface area contributed by atoms with E-state index in [4.69, 9.17) is 9.15 Å². The molecule has 4 rings (SSSR count). The van der Waals surface area contributed by atoms with Crippen LogP contribution in [0.1, 0.15) is 31.9 Å². The minimum Gasteiger partial charge on any atom is -0.425 e. The first-order chi connectivity index (χ1) is 15.6. The van der Waals surface area contributed by atoms with Crippen molar-refractivity contribution in [3.63, 3.8) is 0 Å². The Morgan fingerprint density at radius 1 is 1.09 bits per heavy atom. The SMILES string of the molecule is Cc1cc(=O)oc2cc(OC(=O)C(Cc3c[nH]c4ccccc34)NC(=O)C(C)(C)C)ccc12. The summed E-state index contributed by atoms with van der Waals surface area (Å²) in [5, 5.41) is 4.57. The van der Waals surface area contributed by atoms with Crippen molar-refractivity contribution < 1.29 is 18.7 Å². The molecule has 0 radical (unpaired) electrons. The number of ether oxygens (including phenoxy) is 1. The van der Waals surface area contributed by atoms with E-state index in [0.717, 1.165) is 27.4 Å². The number of carbonyl (C=O) groups is 2. The van der Waals surface area contributed by atoms with Crippen molar-refractivity contribution in [1.29, 1.82) is 0 Å². The molecule has 0 aliphatic heterocycles. The Labute approximate surface area is 190 Å². The van der Waals surface area contributed by atoms with E-state index in [2.05, 4.69) is 10.3 Å². The number of benzene rings is 2. The van der Waals surface area contributed by atoms with Crippen LogP contribution in [0.4, 0.5) is 0 Å². The Morgan fingerprint density at radius 3 is 2.61 bits per heavy atom. The fourth-order valence-corrected chi connectivity index (χ4v) is 3.64. The molecular formula is C26H26N2O5. The molecule has 1 amide bonds. The number of para-hydroxylation sites is 1. The Balaban J connectivity index is 1.63. The average Bonchev–Trinajstić information content (AvgIpc) is 3.15. The zero-order valence-corrected chi connectivity index (χ0v) is 19.0. The molecule has 1 atom stereocenters. The van der Waals surface area contributed by atoms with Crippen molar-refractivity contribution in [3.05, 3.63) is 76.3 Å². The lowest BCUT2D eigenvalue weighted by Gasteiger charge is -2.23. The number of aryl methyl sites for hydroxylation is 1. The van der Waals surface area contributed by atoms with E-state index in [1.165, 1.54) is 12.1 Å². The second-order valence-electron chi connectivity index (χ2n) is 9.17. The van der Waals surface area contributed by atoms with Gasteiger partial charge in [-0.15, -0.1) is 0 Å². The minimum atomic E-state index is -0.906. The van der Waals surface area contributed by atoms with E-state index < -0.39 is 23.1 Å².